The first-order valence-electron chi connectivity index (χ1n) is 4.91. The molecule has 0 radical (unpaired) electrons. The average Bonchev–Trinajstić information content (AvgIpc) is 2.35. The smallest absolute Gasteiger partial charge is 0.245 e. The van der Waals surface area contributed by atoms with Crippen molar-refractivity contribution in [1.29, 1.82) is 0 Å². The van der Waals surface area contributed by atoms with Crippen molar-refractivity contribution in [2.75, 3.05) is 7.05 Å². The zero-order valence-corrected chi connectivity index (χ0v) is 9.60. The molecule has 0 heterocycles. The molecule has 0 saturated carbocycles. The number of nitrogens with one attached hydrogen (secondary N) is 1. The first-order chi connectivity index (χ1) is 7.31. The van der Waals surface area contributed by atoms with E-state index >= 15 is 0 Å². The van der Waals surface area contributed by atoms with Crippen LogP contribution in [0.15, 0.2) is 48.7 Å². The fourth-order valence-electron chi connectivity index (χ4n) is 0.556. The normalized spacial score (nSPS) is 7.93. The van der Waals surface area contributed by atoms with Crippen LogP contribution in [0.25, 0.3) is 0 Å². The highest BCUT2D eigenvalue weighted by atomic mass is 16.1. The largest absolute Gasteiger partial charge is 0.404 e. The molecule has 3 nitrogen and oxygen atoms in total. The minimum Gasteiger partial charge on any atom is -0.404 e. The van der Waals surface area contributed by atoms with E-state index in [1.807, 2.05) is 50.2 Å². The molecule has 3 N–H and O–H groups in total. The Morgan fingerprint density at radius 2 is 1.40 bits per heavy atom. The van der Waals surface area contributed by atoms with Crippen LogP contribution in [-0.4, -0.2) is 13.0 Å². The van der Waals surface area contributed by atoms with Crippen LogP contribution in [0.3, 0.4) is 0 Å². The molecule has 0 saturated heterocycles. The van der Waals surface area contributed by atoms with Gasteiger partial charge in [0.1, 0.15) is 0 Å². The molecule has 1 aromatic carbocycles. The van der Waals surface area contributed by atoms with Crippen LogP contribution in [0, 0.1) is 0 Å². The average molecular weight is 208 g/mol. The van der Waals surface area contributed by atoms with E-state index in [2.05, 4.69) is 5.32 Å². The summed E-state index contributed by atoms with van der Waals surface area (Å²) in [5.41, 5.74) is 4.86. The summed E-state index contributed by atoms with van der Waals surface area (Å²) in [6.07, 6.45) is 2.44. The van der Waals surface area contributed by atoms with Gasteiger partial charge in [0.2, 0.25) is 5.91 Å². The lowest BCUT2D eigenvalue weighted by Gasteiger charge is -1.84. The minimum atomic E-state index is -0.178. The van der Waals surface area contributed by atoms with Gasteiger partial charge in [-0.1, -0.05) is 50.2 Å². The molecule has 3 heteroatoms. The van der Waals surface area contributed by atoms with E-state index in [9.17, 15) is 4.79 Å². The Morgan fingerprint density at radius 1 is 1.07 bits per heavy atom. The number of likely N-dealkylation sites (N-methyl/N-ethyl adjacent to an activating group) is 1. The van der Waals surface area contributed by atoms with Crippen molar-refractivity contribution in [2.45, 2.75) is 13.8 Å². The lowest BCUT2D eigenvalue weighted by Crippen LogP contribution is -2.14. The summed E-state index contributed by atoms with van der Waals surface area (Å²) < 4.78 is 0. The Bertz CT molecular complexity index is 218. The van der Waals surface area contributed by atoms with Gasteiger partial charge in [0.15, 0.2) is 0 Å². The van der Waals surface area contributed by atoms with E-state index in [1.165, 1.54) is 12.3 Å². The van der Waals surface area contributed by atoms with Crippen LogP contribution >= 0.6 is 0 Å². The number of amides is 1. The van der Waals surface area contributed by atoms with Crippen LogP contribution in [-0.2, 0) is 4.79 Å². The number of hydrogen-bond donors (Lipinski definition) is 2. The van der Waals surface area contributed by atoms with Crippen molar-refractivity contribution in [3.8, 4) is 0 Å². The van der Waals surface area contributed by atoms with Crippen LogP contribution in [0.1, 0.15) is 13.8 Å². The summed E-state index contributed by atoms with van der Waals surface area (Å²) in [5, 5.41) is 2.36. The lowest BCUT2D eigenvalue weighted by molar-refractivity contribution is -0.116. The molecule has 1 amide bonds. The zero-order valence-electron chi connectivity index (χ0n) is 9.60. The number of hydrogen-bond acceptors (Lipinski definition) is 2. The molecule has 15 heavy (non-hydrogen) atoms. The highest BCUT2D eigenvalue weighted by molar-refractivity contribution is 5.86. The third kappa shape index (κ3) is 15.0. The predicted octanol–water partition coefficient (Wildman–Crippen LogP) is 1.92. The van der Waals surface area contributed by atoms with Gasteiger partial charge in [0.25, 0.3) is 0 Å². The summed E-state index contributed by atoms with van der Waals surface area (Å²) >= 11 is 0. The van der Waals surface area contributed by atoms with E-state index in [4.69, 9.17) is 5.73 Å². The monoisotopic (exact) mass is 208 g/mol. The molecular weight excluding hydrogens is 188 g/mol. The predicted molar refractivity (Wildman–Crippen MR) is 65.2 cm³/mol. The van der Waals surface area contributed by atoms with Gasteiger partial charge in [0.05, 0.1) is 0 Å². The third-order valence-corrected chi connectivity index (χ3v) is 1.16. The Morgan fingerprint density at radius 3 is 1.53 bits per heavy atom. The number of nitrogens with two attached hydrogens (primary N) is 1. The molecule has 0 fully saturated rings. The summed E-state index contributed by atoms with van der Waals surface area (Å²) in [4.78, 5) is 10.1. The first-order valence-corrected chi connectivity index (χ1v) is 4.91. The van der Waals surface area contributed by atoms with Crippen molar-refractivity contribution >= 4 is 5.91 Å². The number of carbonyl (C=O) groups is 1. The molecule has 84 valence electrons. The highest BCUT2D eigenvalue weighted by Gasteiger charge is 1.81. The Labute approximate surface area is 92.0 Å². The molecule has 0 atom stereocenters. The maximum atomic E-state index is 10.1. The minimum absolute atomic E-state index is 0.178. The molecule has 1 rings (SSSR count). The quantitative estimate of drug-likeness (QED) is 0.693. The second-order valence-electron chi connectivity index (χ2n) is 2.13. The third-order valence-electron chi connectivity index (χ3n) is 1.16. The second-order valence-corrected chi connectivity index (χ2v) is 2.13. The summed E-state index contributed by atoms with van der Waals surface area (Å²) in [7, 11) is 1.54. The zero-order chi connectivity index (χ0) is 11.9. The summed E-state index contributed by atoms with van der Waals surface area (Å²) in [5.74, 6) is -0.178. The number of rotatable bonds is 1. The van der Waals surface area contributed by atoms with E-state index in [0.29, 0.717) is 0 Å². The molecule has 0 aliphatic heterocycles. The molecular formula is C12H20N2O. The second kappa shape index (κ2) is 14.7. The molecule has 0 unspecified atom stereocenters. The van der Waals surface area contributed by atoms with Gasteiger partial charge < -0.3 is 11.1 Å². The maximum absolute atomic E-state index is 10.1. The van der Waals surface area contributed by atoms with Crippen LogP contribution in [0.4, 0.5) is 0 Å². The lowest BCUT2D eigenvalue weighted by atomic mass is 10.4. The van der Waals surface area contributed by atoms with Gasteiger partial charge in [-0.25, -0.2) is 0 Å². The van der Waals surface area contributed by atoms with Crippen molar-refractivity contribution < 1.29 is 4.79 Å². The van der Waals surface area contributed by atoms with Crippen LogP contribution < -0.4 is 11.1 Å². The van der Waals surface area contributed by atoms with E-state index in [1.54, 1.807) is 7.05 Å². The standard InChI is InChI=1S/C6H6.C4H8N2O.C2H6/c1-2-4-6-5-3-1;1-6-4(7)2-3-5;1-2/h1-6H;2-3H,5H2,1H3,(H,6,7);1-2H3/b;3-2-;. The van der Waals surface area contributed by atoms with Gasteiger partial charge >= 0.3 is 0 Å². The maximum Gasteiger partial charge on any atom is 0.245 e. The molecule has 0 aromatic heterocycles. The Balaban J connectivity index is 0. The summed E-state index contributed by atoms with van der Waals surface area (Å²) in [6.45, 7) is 4.00. The van der Waals surface area contributed by atoms with E-state index in [-0.39, 0.29) is 5.91 Å². The number of carbonyl (C=O) groups excluding carboxylic acids is 1. The van der Waals surface area contributed by atoms with Crippen molar-refractivity contribution in [3.05, 3.63) is 48.7 Å². The molecule has 0 aliphatic rings. The highest BCUT2D eigenvalue weighted by Crippen LogP contribution is 1.79. The fraction of sp³-hybridized carbons (Fsp3) is 0.250. The molecule has 1 aromatic rings. The van der Waals surface area contributed by atoms with Gasteiger partial charge in [0, 0.05) is 13.1 Å². The van der Waals surface area contributed by atoms with E-state index < -0.39 is 0 Å². The topological polar surface area (TPSA) is 55.1 Å². The van der Waals surface area contributed by atoms with Crippen molar-refractivity contribution in [1.82, 2.24) is 5.32 Å². The molecule has 0 spiro atoms. The van der Waals surface area contributed by atoms with Crippen molar-refractivity contribution in [2.24, 2.45) is 5.73 Å². The van der Waals surface area contributed by atoms with Gasteiger partial charge in [-0.15, -0.1) is 0 Å². The molecule has 0 bridgehead atoms. The molecule has 0 aliphatic carbocycles. The SMILES string of the molecule is CC.CNC(=O)/C=C\N.c1ccccc1. The van der Waals surface area contributed by atoms with Gasteiger partial charge in [-0.05, 0) is 6.20 Å². The summed E-state index contributed by atoms with van der Waals surface area (Å²) in [6, 6.07) is 12.0. The van der Waals surface area contributed by atoms with E-state index in [0.717, 1.165) is 0 Å². The van der Waals surface area contributed by atoms with Gasteiger partial charge in [-0.3, -0.25) is 4.79 Å². The van der Waals surface area contributed by atoms with Crippen molar-refractivity contribution in [3.63, 3.8) is 0 Å². The number of benzene rings is 1. The Kier molecular flexibility index (Phi) is 15.4. The Hall–Kier alpha value is -1.77. The fourth-order valence-corrected chi connectivity index (χ4v) is 0.556. The van der Waals surface area contributed by atoms with Crippen LogP contribution in [0.5, 0.6) is 0 Å². The van der Waals surface area contributed by atoms with Crippen LogP contribution in [0.2, 0.25) is 0 Å². The van der Waals surface area contributed by atoms with Gasteiger partial charge in [-0.2, -0.15) is 0 Å². The first kappa shape index (κ1) is 15.7.